The molecule has 0 spiro atoms. The summed E-state index contributed by atoms with van der Waals surface area (Å²) in [5.74, 6) is 2.66. The van der Waals surface area contributed by atoms with Gasteiger partial charge in [-0.05, 0) is 13.3 Å². The summed E-state index contributed by atoms with van der Waals surface area (Å²) in [6.45, 7) is 7.17. The van der Waals surface area contributed by atoms with Crippen molar-refractivity contribution in [3.05, 3.63) is 0 Å². The van der Waals surface area contributed by atoms with Crippen molar-refractivity contribution in [2.45, 2.75) is 38.4 Å². The molecule has 0 aromatic rings. The zero-order chi connectivity index (χ0) is 9.26. The van der Waals surface area contributed by atoms with Crippen molar-refractivity contribution in [3.63, 3.8) is 0 Å². The first-order valence-electron chi connectivity index (χ1n) is 5.39. The molecule has 2 fully saturated rings. The van der Waals surface area contributed by atoms with Gasteiger partial charge in [0, 0.05) is 42.7 Å². The predicted octanol–water partition coefficient (Wildman–Crippen LogP) is 1.17. The van der Waals surface area contributed by atoms with Crippen molar-refractivity contribution in [3.8, 4) is 0 Å². The third kappa shape index (κ3) is 1.88. The Labute approximate surface area is 85.4 Å². The van der Waals surface area contributed by atoms with Crippen LogP contribution in [0.3, 0.4) is 0 Å². The fourth-order valence-electron chi connectivity index (χ4n) is 2.55. The number of nitrogens with zero attached hydrogens (tertiary/aromatic N) is 1. The van der Waals surface area contributed by atoms with Crippen LogP contribution in [-0.2, 0) is 0 Å². The van der Waals surface area contributed by atoms with Crippen molar-refractivity contribution >= 4 is 11.8 Å². The number of hydrogen-bond acceptors (Lipinski definition) is 3. The largest absolute Gasteiger partial charge is 0.311 e. The Kier molecular flexibility index (Phi) is 3.17. The highest BCUT2D eigenvalue weighted by molar-refractivity contribution is 7.99. The molecule has 0 aromatic carbocycles. The zero-order valence-electron chi connectivity index (χ0n) is 8.62. The summed E-state index contributed by atoms with van der Waals surface area (Å²) in [5.41, 5.74) is 0. The average Bonchev–Trinajstić information content (AvgIpc) is 2.19. The maximum Gasteiger partial charge on any atom is 0.0315 e. The standard InChI is InChI=1S/C10H20N2S/c1-3-10-8(2)12-4-5-13-7-9(12)6-11-10/h8-11H,3-7H2,1-2H3. The highest BCUT2D eigenvalue weighted by Gasteiger charge is 2.34. The van der Waals surface area contributed by atoms with Gasteiger partial charge in [0.15, 0.2) is 0 Å². The maximum absolute atomic E-state index is 3.66. The first-order chi connectivity index (χ1) is 6.33. The van der Waals surface area contributed by atoms with Gasteiger partial charge >= 0.3 is 0 Å². The van der Waals surface area contributed by atoms with Crippen LogP contribution in [0, 0.1) is 0 Å². The maximum atomic E-state index is 3.66. The van der Waals surface area contributed by atoms with Gasteiger partial charge in [0.25, 0.3) is 0 Å². The smallest absolute Gasteiger partial charge is 0.0315 e. The quantitative estimate of drug-likeness (QED) is 0.684. The van der Waals surface area contributed by atoms with E-state index in [-0.39, 0.29) is 0 Å². The van der Waals surface area contributed by atoms with E-state index in [0.29, 0.717) is 0 Å². The minimum Gasteiger partial charge on any atom is -0.311 e. The molecule has 0 aliphatic carbocycles. The Balaban J connectivity index is 2.01. The van der Waals surface area contributed by atoms with Gasteiger partial charge in [-0.25, -0.2) is 0 Å². The molecule has 0 bridgehead atoms. The van der Waals surface area contributed by atoms with E-state index in [1.165, 1.54) is 31.0 Å². The number of nitrogens with one attached hydrogen (secondary N) is 1. The molecule has 3 unspecified atom stereocenters. The molecule has 0 saturated carbocycles. The Hall–Kier alpha value is 0.270. The fraction of sp³-hybridized carbons (Fsp3) is 1.00. The van der Waals surface area contributed by atoms with E-state index >= 15 is 0 Å². The van der Waals surface area contributed by atoms with Crippen LogP contribution in [0.2, 0.25) is 0 Å². The number of fused-ring (bicyclic) bond motifs is 1. The van der Waals surface area contributed by atoms with Crippen molar-refractivity contribution < 1.29 is 0 Å². The van der Waals surface area contributed by atoms with Gasteiger partial charge in [0.2, 0.25) is 0 Å². The van der Waals surface area contributed by atoms with E-state index in [4.69, 9.17) is 0 Å². The van der Waals surface area contributed by atoms with Crippen LogP contribution in [0.15, 0.2) is 0 Å². The van der Waals surface area contributed by atoms with Gasteiger partial charge in [-0.3, -0.25) is 4.90 Å². The minimum atomic E-state index is 0.722. The lowest BCUT2D eigenvalue weighted by molar-refractivity contribution is 0.0859. The summed E-state index contributed by atoms with van der Waals surface area (Å²) < 4.78 is 0. The normalized spacial score (nSPS) is 41.5. The molecule has 2 aliphatic rings. The predicted molar refractivity (Wildman–Crippen MR) is 59.4 cm³/mol. The second-order valence-corrected chi connectivity index (χ2v) is 5.28. The van der Waals surface area contributed by atoms with E-state index < -0.39 is 0 Å². The lowest BCUT2D eigenvalue weighted by atomic mass is 9.99. The van der Waals surface area contributed by atoms with Crippen molar-refractivity contribution in [2.24, 2.45) is 0 Å². The van der Waals surface area contributed by atoms with Crippen LogP contribution < -0.4 is 5.32 Å². The molecular formula is C10H20N2S. The number of hydrogen-bond donors (Lipinski definition) is 1. The molecule has 0 radical (unpaired) electrons. The summed E-state index contributed by atoms with van der Waals surface area (Å²) in [7, 11) is 0. The second kappa shape index (κ2) is 4.20. The molecule has 0 amide bonds. The SMILES string of the molecule is CCC1NCC2CSCCN2C1C. The summed E-state index contributed by atoms with van der Waals surface area (Å²) in [6, 6.07) is 2.26. The Morgan fingerprint density at radius 3 is 3.15 bits per heavy atom. The molecule has 2 rings (SSSR count). The molecule has 2 saturated heterocycles. The lowest BCUT2D eigenvalue weighted by Gasteiger charge is -2.47. The van der Waals surface area contributed by atoms with Crippen LogP contribution in [0.1, 0.15) is 20.3 Å². The van der Waals surface area contributed by atoms with E-state index in [1.54, 1.807) is 0 Å². The molecule has 3 atom stereocenters. The Bertz CT molecular complexity index is 174. The van der Waals surface area contributed by atoms with Gasteiger partial charge in [0.1, 0.15) is 0 Å². The third-order valence-corrected chi connectivity index (χ3v) is 4.53. The van der Waals surface area contributed by atoms with Gasteiger partial charge in [-0.1, -0.05) is 6.92 Å². The fourth-order valence-corrected chi connectivity index (χ4v) is 3.64. The summed E-state index contributed by atoms with van der Waals surface area (Å²) in [6.07, 6.45) is 1.26. The van der Waals surface area contributed by atoms with E-state index in [2.05, 4.69) is 35.8 Å². The van der Waals surface area contributed by atoms with Crippen LogP contribution >= 0.6 is 11.8 Å². The molecule has 2 nitrogen and oxygen atoms in total. The van der Waals surface area contributed by atoms with Crippen molar-refractivity contribution in [1.82, 2.24) is 10.2 Å². The van der Waals surface area contributed by atoms with Gasteiger partial charge in [-0.2, -0.15) is 11.8 Å². The summed E-state index contributed by atoms with van der Waals surface area (Å²) in [5, 5.41) is 3.66. The molecule has 3 heteroatoms. The first-order valence-corrected chi connectivity index (χ1v) is 6.55. The molecule has 13 heavy (non-hydrogen) atoms. The molecular weight excluding hydrogens is 180 g/mol. The Morgan fingerprint density at radius 1 is 1.54 bits per heavy atom. The third-order valence-electron chi connectivity index (χ3n) is 3.43. The van der Waals surface area contributed by atoms with E-state index in [1.807, 2.05) is 0 Å². The minimum absolute atomic E-state index is 0.722. The van der Waals surface area contributed by atoms with Crippen LogP contribution in [-0.4, -0.2) is 47.6 Å². The van der Waals surface area contributed by atoms with Crippen LogP contribution in [0.4, 0.5) is 0 Å². The van der Waals surface area contributed by atoms with E-state index in [0.717, 1.165) is 18.1 Å². The monoisotopic (exact) mass is 200 g/mol. The van der Waals surface area contributed by atoms with Gasteiger partial charge in [-0.15, -0.1) is 0 Å². The number of rotatable bonds is 1. The summed E-state index contributed by atoms with van der Waals surface area (Å²) in [4.78, 5) is 2.71. The average molecular weight is 200 g/mol. The first kappa shape index (κ1) is 9.81. The topological polar surface area (TPSA) is 15.3 Å². The van der Waals surface area contributed by atoms with E-state index in [9.17, 15) is 0 Å². The molecule has 76 valence electrons. The molecule has 1 N–H and O–H groups in total. The van der Waals surface area contributed by atoms with Gasteiger partial charge < -0.3 is 5.32 Å². The van der Waals surface area contributed by atoms with Crippen LogP contribution in [0.25, 0.3) is 0 Å². The van der Waals surface area contributed by atoms with Gasteiger partial charge in [0.05, 0.1) is 0 Å². The van der Waals surface area contributed by atoms with Crippen molar-refractivity contribution in [1.29, 1.82) is 0 Å². The number of thioether (sulfide) groups is 1. The molecule has 2 aliphatic heterocycles. The molecule has 0 aromatic heterocycles. The summed E-state index contributed by atoms with van der Waals surface area (Å²) >= 11 is 2.11. The second-order valence-electron chi connectivity index (χ2n) is 4.13. The Morgan fingerprint density at radius 2 is 2.38 bits per heavy atom. The zero-order valence-corrected chi connectivity index (χ0v) is 9.44. The van der Waals surface area contributed by atoms with Crippen molar-refractivity contribution in [2.75, 3.05) is 24.6 Å². The highest BCUT2D eigenvalue weighted by atomic mass is 32.2. The lowest BCUT2D eigenvalue weighted by Crippen LogP contribution is -2.63. The molecule has 2 heterocycles. The highest BCUT2D eigenvalue weighted by Crippen LogP contribution is 2.23. The van der Waals surface area contributed by atoms with Crippen LogP contribution in [0.5, 0.6) is 0 Å². The number of piperazine rings is 1.